The molecule has 0 aromatic carbocycles. The Morgan fingerprint density at radius 3 is 2.48 bits per heavy atom. The molecule has 1 aliphatic heterocycles. The van der Waals surface area contributed by atoms with E-state index < -0.39 is 0 Å². The van der Waals surface area contributed by atoms with E-state index in [-0.39, 0.29) is 0 Å². The van der Waals surface area contributed by atoms with Gasteiger partial charge in [0, 0.05) is 51.2 Å². The molecule has 0 spiro atoms. The summed E-state index contributed by atoms with van der Waals surface area (Å²) in [6.07, 6.45) is 10.1. The maximum absolute atomic E-state index is 12.3. The van der Waals surface area contributed by atoms with Crippen LogP contribution < -0.4 is 10.6 Å². The predicted octanol–water partition coefficient (Wildman–Crippen LogP) is 1.20. The minimum atomic E-state index is 0.329. The normalized spacial score (nSPS) is 22.9. The fraction of sp³-hybridized carbons (Fsp3) is 0.789. The summed E-state index contributed by atoms with van der Waals surface area (Å²) in [4.78, 5) is 21.5. The molecule has 3 rings (SSSR count). The van der Waals surface area contributed by atoms with Crippen LogP contribution in [0.15, 0.2) is 17.1 Å². The molecule has 1 amide bonds. The van der Waals surface area contributed by atoms with Gasteiger partial charge in [-0.1, -0.05) is 18.6 Å². The van der Waals surface area contributed by atoms with Crippen LogP contribution in [0.5, 0.6) is 0 Å². The van der Waals surface area contributed by atoms with E-state index in [0.717, 1.165) is 77.5 Å². The number of carbonyl (C=O) groups is 1. The van der Waals surface area contributed by atoms with Crippen LogP contribution in [0.4, 0.5) is 0 Å². The van der Waals surface area contributed by atoms with Gasteiger partial charge in [-0.2, -0.15) is 0 Å². The number of guanidine groups is 1. The Hall–Kier alpha value is -1.56. The molecule has 0 aromatic rings. The molecular formula is C19H33N5O. The van der Waals surface area contributed by atoms with Crippen molar-refractivity contribution in [2.75, 3.05) is 45.8 Å². The van der Waals surface area contributed by atoms with Crippen LogP contribution in [-0.4, -0.2) is 73.5 Å². The molecule has 3 aliphatic rings. The van der Waals surface area contributed by atoms with Crippen molar-refractivity contribution in [3.8, 4) is 0 Å². The van der Waals surface area contributed by atoms with E-state index in [0.29, 0.717) is 17.9 Å². The standard InChI is InChI=1S/C19H33N5O/c1-2-20-19(22-17-8-3-4-9-17)21-10-11-23-12-14-24(15-13-23)18(25)16-6-5-7-16/h3-4,16-17H,2,5-15H2,1H3,(H2,20,21,22). The Kier molecular flexibility index (Phi) is 6.73. The summed E-state index contributed by atoms with van der Waals surface area (Å²) in [6, 6.07) is 0.485. The van der Waals surface area contributed by atoms with Crippen molar-refractivity contribution < 1.29 is 4.79 Å². The minimum absolute atomic E-state index is 0.329. The van der Waals surface area contributed by atoms with Gasteiger partial charge in [-0.25, -0.2) is 0 Å². The molecule has 0 bridgehead atoms. The first-order valence-corrected chi connectivity index (χ1v) is 9.97. The molecule has 2 fully saturated rings. The van der Waals surface area contributed by atoms with E-state index in [1.165, 1.54) is 6.42 Å². The molecule has 1 heterocycles. The molecule has 1 saturated carbocycles. The van der Waals surface area contributed by atoms with Gasteiger partial charge in [0.25, 0.3) is 0 Å². The number of nitrogens with zero attached hydrogens (tertiary/aromatic N) is 3. The number of nitrogens with one attached hydrogen (secondary N) is 2. The third-order valence-corrected chi connectivity index (χ3v) is 5.52. The summed E-state index contributed by atoms with van der Waals surface area (Å²) in [5, 5.41) is 6.84. The first kappa shape index (κ1) is 18.2. The zero-order valence-electron chi connectivity index (χ0n) is 15.5. The number of aliphatic imine (C=N–C) groups is 1. The van der Waals surface area contributed by atoms with E-state index >= 15 is 0 Å². The summed E-state index contributed by atoms with van der Waals surface area (Å²) in [5.41, 5.74) is 0. The van der Waals surface area contributed by atoms with Gasteiger partial charge in [0.2, 0.25) is 5.91 Å². The SMILES string of the molecule is CCNC(=NCCN1CCN(C(=O)C2CCC2)CC1)NC1CC=CC1. The molecule has 0 radical (unpaired) electrons. The molecule has 0 unspecified atom stereocenters. The van der Waals surface area contributed by atoms with Crippen molar-refractivity contribution in [3.05, 3.63) is 12.2 Å². The van der Waals surface area contributed by atoms with Crippen molar-refractivity contribution in [1.82, 2.24) is 20.4 Å². The van der Waals surface area contributed by atoms with Crippen LogP contribution in [-0.2, 0) is 4.79 Å². The monoisotopic (exact) mass is 347 g/mol. The van der Waals surface area contributed by atoms with Crippen molar-refractivity contribution in [2.24, 2.45) is 10.9 Å². The predicted molar refractivity (Wildman–Crippen MR) is 102 cm³/mol. The highest BCUT2D eigenvalue weighted by molar-refractivity contribution is 5.80. The molecule has 0 aromatic heterocycles. The molecule has 6 heteroatoms. The Bertz CT molecular complexity index is 484. The van der Waals surface area contributed by atoms with Crippen LogP contribution in [0.2, 0.25) is 0 Å². The summed E-state index contributed by atoms with van der Waals surface area (Å²) >= 11 is 0. The largest absolute Gasteiger partial charge is 0.357 e. The average molecular weight is 348 g/mol. The van der Waals surface area contributed by atoms with Gasteiger partial charge in [0.15, 0.2) is 5.96 Å². The van der Waals surface area contributed by atoms with E-state index in [4.69, 9.17) is 4.99 Å². The van der Waals surface area contributed by atoms with Gasteiger partial charge in [-0.15, -0.1) is 0 Å². The number of carbonyl (C=O) groups excluding carboxylic acids is 1. The van der Waals surface area contributed by atoms with Crippen molar-refractivity contribution in [3.63, 3.8) is 0 Å². The highest BCUT2D eigenvalue weighted by atomic mass is 16.2. The Morgan fingerprint density at radius 2 is 1.88 bits per heavy atom. The Morgan fingerprint density at radius 1 is 1.16 bits per heavy atom. The van der Waals surface area contributed by atoms with E-state index in [9.17, 15) is 4.79 Å². The second-order valence-corrected chi connectivity index (χ2v) is 7.34. The molecule has 25 heavy (non-hydrogen) atoms. The highest BCUT2D eigenvalue weighted by Crippen LogP contribution is 2.28. The maximum Gasteiger partial charge on any atom is 0.225 e. The van der Waals surface area contributed by atoms with E-state index in [1.807, 2.05) is 0 Å². The molecule has 140 valence electrons. The Balaban J connectivity index is 1.36. The van der Waals surface area contributed by atoms with Crippen molar-refractivity contribution in [1.29, 1.82) is 0 Å². The summed E-state index contributed by atoms with van der Waals surface area (Å²) in [6.45, 7) is 8.46. The topological polar surface area (TPSA) is 60.0 Å². The second kappa shape index (κ2) is 9.22. The fourth-order valence-electron chi connectivity index (χ4n) is 3.66. The molecule has 2 aliphatic carbocycles. The van der Waals surface area contributed by atoms with Gasteiger partial charge >= 0.3 is 0 Å². The lowest BCUT2D eigenvalue weighted by Gasteiger charge is -2.38. The van der Waals surface area contributed by atoms with Gasteiger partial charge in [0.05, 0.1) is 6.54 Å². The van der Waals surface area contributed by atoms with Crippen LogP contribution >= 0.6 is 0 Å². The first-order chi connectivity index (χ1) is 12.3. The maximum atomic E-state index is 12.3. The highest BCUT2D eigenvalue weighted by Gasteiger charge is 2.30. The molecular weight excluding hydrogens is 314 g/mol. The Labute approximate surface area is 151 Å². The van der Waals surface area contributed by atoms with Crippen LogP contribution in [0, 0.1) is 5.92 Å². The first-order valence-electron chi connectivity index (χ1n) is 9.97. The third kappa shape index (κ3) is 5.21. The lowest BCUT2D eigenvalue weighted by molar-refractivity contribution is -0.139. The quantitative estimate of drug-likeness (QED) is 0.431. The molecule has 0 atom stereocenters. The van der Waals surface area contributed by atoms with E-state index in [1.54, 1.807) is 0 Å². The zero-order chi connectivity index (χ0) is 17.5. The van der Waals surface area contributed by atoms with Crippen LogP contribution in [0.1, 0.15) is 39.0 Å². The van der Waals surface area contributed by atoms with Crippen molar-refractivity contribution >= 4 is 11.9 Å². The molecule has 2 N–H and O–H groups in total. The van der Waals surface area contributed by atoms with E-state index in [2.05, 4.69) is 39.5 Å². The summed E-state index contributed by atoms with van der Waals surface area (Å²) in [5.74, 6) is 1.65. The van der Waals surface area contributed by atoms with Gasteiger partial charge in [-0.05, 0) is 32.6 Å². The number of rotatable bonds is 6. The van der Waals surface area contributed by atoms with Crippen LogP contribution in [0.25, 0.3) is 0 Å². The third-order valence-electron chi connectivity index (χ3n) is 5.52. The molecule has 1 saturated heterocycles. The lowest BCUT2D eigenvalue weighted by atomic mass is 9.84. The van der Waals surface area contributed by atoms with Gasteiger partial charge in [-0.3, -0.25) is 14.7 Å². The number of hydrogen-bond donors (Lipinski definition) is 2. The number of piperazine rings is 1. The zero-order valence-corrected chi connectivity index (χ0v) is 15.5. The number of amides is 1. The van der Waals surface area contributed by atoms with Gasteiger partial charge in [0.1, 0.15) is 0 Å². The molecule has 6 nitrogen and oxygen atoms in total. The fourth-order valence-corrected chi connectivity index (χ4v) is 3.66. The lowest BCUT2D eigenvalue weighted by Crippen LogP contribution is -2.51. The second-order valence-electron chi connectivity index (χ2n) is 7.34. The number of hydrogen-bond acceptors (Lipinski definition) is 3. The smallest absolute Gasteiger partial charge is 0.225 e. The van der Waals surface area contributed by atoms with Crippen LogP contribution in [0.3, 0.4) is 0 Å². The van der Waals surface area contributed by atoms with Crippen molar-refractivity contribution in [2.45, 2.75) is 45.1 Å². The van der Waals surface area contributed by atoms with Gasteiger partial charge < -0.3 is 15.5 Å². The minimum Gasteiger partial charge on any atom is -0.357 e. The summed E-state index contributed by atoms with van der Waals surface area (Å²) in [7, 11) is 0. The average Bonchev–Trinajstić information content (AvgIpc) is 3.07. The summed E-state index contributed by atoms with van der Waals surface area (Å²) < 4.78 is 0.